The summed E-state index contributed by atoms with van der Waals surface area (Å²) in [5.74, 6) is 0.989. The smallest absolute Gasteiger partial charge is 0.337 e. The summed E-state index contributed by atoms with van der Waals surface area (Å²) >= 11 is 6.00. The first kappa shape index (κ1) is 26.9. The summed E-state index contributed by atoms with van der Waals surface area (Å²) in [5.41, 5.74) is 3.37. The maximum atomic E-state index is 13.6. The second kappa shape index (κ2) is 10.8. The van der Waals surface area contributed by atoms with E-state index in [1.165, 1.54) is 23.0 Å². The Morgan fingerprint density at radius 2 is 1.90 bits per heavy atom. The number of fused-ring (bicyclic) bond motifs is 1. The fourth-order valence-electron chi connectivity index (χ4n) is 4.51. The van der Waals surface area contributed by atoms with Crippen molar-refractivity contribution in [1.82, 2.24) is 9.66 Å². The number of carboxylic acids is 1. The number of carbonyl (C=O) groups is 1. The molecule has 0 radical (unpaired) electrons. The summed E-state index contributed by atoms with van der Waals surface area (Å²) in [6, 6.07) is 19.1. The van der Waals surface area contributed by atoms with Crippen LogP contribution < -0.4 is 10.3 Å². The highest BCUT2D eigenvalue weighted by Crippen LogP contribution is 2.34. The number of aryl methyl sites for hydroxylation is 1. The molecule has 0 amide bonds. The number of benzene rings is 3. The van der Waals surface area contributed by atoms with Gasteiger partial charge in [-0.15, -0.1) is 0 Å². The van der Waals surface area contributed by atoms with E-state index >= 15 is 0 Å². The Morgan fingerprint density at radius 3 is 2.62 bits per heavy atom. The van der Waals surface area contributed by atoms with E-state index in [4.69, 9.17) is 25.7 Å². The van der Waals surface area contributed by atoms with Crippen LogP contribution in [0.25, 0.3) is 33.6 Å². The SMILES string of the molecule is COc1cc(C)c(-c2nc3ccccc3c(=O)n2N=Cc2ccc(-c3ccc(Cl)c(C(=O)O)c3)o2)cc1C(C)C. The third kappa shape index (κ3) is 5.01. The Morgan fingerprint density at radius 1 is 1.12 bits per heavy atom. The van der Waals surface area contributed by atoms with E-state index in [1.807, 2.05) is 25.1 Å². The standard InChI is InChI=1S/C31H26ClN3O5/c1-17(2)22-15-23(18(3)13-28(22)39-4)29-34-26-8-6-5-7-21(26)30(36)35(29)33-16-20-10-12-27(40-20)19-9-11-25(32)24(14-19)31(37)38/h5-17H,1-4H3,(H,37,38). The van der Waals surface area contributed by atoms with Gasteiger partial charge in [0, 0.05) is 11.1 Å². The van der Waals surface area contributed by atoms with Gasteiger partial charge in [0.15, 0.2) is 5.82 Å². The number of hydrogen-bond acceptors (Lipinski definition) is 6. The van der Waals surface area contributed by atoms with Gasteiger partial charge in [-0.2, -0.15) is 9.78 Å². The number of aromatic nitrogens is 2. The minimum absolute atomic E-state index is 0.0279. The monoisotopic (exact) mass is 555 g/mol. The van der Waals surface area contributed by atoms with Crippen LogP contribution in [0, 0.1) is 6.92 Å². The van der Waals surface area contributed by atoms with Crippen LogP contribution in [-0.4, -0.2) is 34.1 Å². The second-order valence-electron chi connectivity index (χ2n) is 9.58. The Balaban J connectivity index is 1.63. The lowest BCUT2D eigenvalue weighted by atomic mass is 9.96. The highest BCUT2D eigenvalue weighted by atomic mass is 35.5. The van der Waals surface area contributed by atoms with Gasteiger partial charge >= 0.3 is 5.97 Å². The number of furan rings is 1. The quantitative estimate of drug-likeness (QED) is 0.217. The van der Waals surface area contributed by atoms with E-state index in [1.54, 1.807) is 43.5 Å². The molecule has 0 saturated carbocycles. The van der Waals surface area contributed by atoms with Crippen LogP contribution in [0.2, 0.25) is 5.02 Å². The number of rotatable bonds is 7. The number of ether oxygens (including phenoxy) is 1. The highest BCUT2D eigenvalue weighted by molar-refractivity contribution is 6.33. The number of para-hydroxylation sites is 1. The van der Waals surface area contributed by atoms with Gasteiger partial charge in [0.05, 0.1) is 34.8 Å². The zero-order chi connectivity index (χ0) is 28.6. The van der Waals surface area contributed by atoms with Crippen LogP contribution in [0.4, 0.5) is 0 Å². The van der Waals surface area contributed by atoms with E-state index in [9.17, 15) is 14.7 Å². The molecule has 3 aromatic carbocycles. The van der Waals surface area contributed by atoms with Crippen LogP contribution in [0.3, 0.4) is 0 Å². The van der Waals surface area contributed by atoms with Gasteiger partial charge in [-0.05, 0) is 78.6 Å². The topological polar surface area (TPSA) is 107 Å². The van der Waals surface area contributed by atoms with E-state index in [0.717, 1.165) is 22.4 Å². The molecular formula is C31H26ClN3O5. The molecule has 9 heteroatoms. The molecule has 0 bridgehead atoms. The van der Waals surface area contributed by atoms with Crippen LogP contribution in [-0.2, 0) is 0 Å². The maximum Gasteiger partial charge on any atom is 0.337 e. The Labute approximate surface area is 235 Å². The summed E-state index contributed by atoms with van der Waals surface area (Å²) in [7, 11) is 1.64. The molecule has 0 unspecified atom stereocenters. The molecule has 0 spiro atoms. The lowest BCUT2D eigenvalue weighted by Gasteiger charge is -2.17. The van der Waals surface area contributed by atoms with Gasteiger partial charge in [0.25, 0.3) is 5.56 Å². The normalized spacial score (nSPS) is 11.6. The molecule has 5 rings (SSSR count). The average molecular weight is 556 g/mol. The van der Waals surface area contributed by atoms with Crippen LogP contribution in [0.5, 0.6) is 5.75 Å². The predicted octanol–water partition coefficient (Wildman–Crippen LogP) is 7.00. The summed E-state index contributed by atoms with van der Waals surface area (Å²) in [5, 5.41) is 14.5. The van der Waals surface area contributed by atoms with Gasteiger partial charge < -0.3 is 14.3 Å². The van der Waals surface area contributed by atoms with Crippen LogP contribution in [0.15, 0.2) is 81.0 Å². The van der Waals surface area contributed by atoms with Crippen molar-refractivity contribution in [2.75, 3.05) is 7.11 Å². The number of hydrogen-bond donors (Lipinski definition) is 1. The van der Waals surface area contributed by atoms with E-state index in [0.29, 0.717) is 33.8 Å². The third-order valence-electron chi connectivity index (χ3n) is 6.60. The average Bonchev–Trinajstić information content (AvgIpc) is 3.41. The van der Waals surface area contributed by atoms with E-state index < -0.39 is 5.97 Å². The predicted molar refractivity (Wildman–Crippen MR) is 156 cm³/mol. The first-order valence-corrected chi connectivity index (χ1v) is 12.9. The van der Waals surface area contributed by atoms with Gasteiger partial charge in [-0.3, -0.25) is 4.79 Å². The van der Waals surface area contributed by atoms with Crippen molar-refractivity contribution in [3.8, 4) is 28.5 Å². The van der Waals surface area contributed by atoms with Gasteiger partial charge in [0.2, 0.25) is 0 Å². The third-order valence-corrected chi connectivity index (χ3v) is 6.93. The van der Waals surface area contributed by atoms with Crippen LogP contribution in [0.1, 0.15) is 47.0 Å². The van der Waals surface area contributed by atoms with Crippen molar-refractivity contribution in [2.45, 2.75) is 26.7 Å². The van der Waals surface area contributed by atoms with Crippen molar-refractivity contribution in [2.24, 2.45) is 5.10 Å². The molecule has 2 aromatic heterocycles. The fraction of sp³-hybridized carbons (Fsp3) is 0.161. The molecule has 8 nitrogen and oxygen atoms in total. The number of aromatic carboxylic acids is 1. The van der Waals surface area contributed by atoms with Crippen molar-refractivity contribution in [1.29, 1.82) is 0 Å². The Bertz CT molecular complexity index is 1850. The highest BCUT2D eigenvalue weighted by Gasteiger charge is 2.19. The zero-order valence-corrected chi connectivity index (χ0v) is 23.1. The molecule has 2 heterocycles. The Kier molecular flexibility index (Phi) is 7.28. The van der Waals surface area contributed by atoms with Crippen molar-refractivity contribution in [3.63, 3.8) is 0 Å². The molecule has 5 aromatic rings. The molecule has 0 saturated heterocycles. The molecule has 1 N–H and O–H groups in total. The molecule has 0 atom stereocenters. The first-order chi connectivity index (χ1) is 19.2. The minimum Gasteiger partial charge on any atom is -0.496 e. The summed E-state index contributed by atoms with van der Waals surface area (Å²) in [6.07, 6.45) is 1.43. The number of carboxylic acid groups (broad SMARTS) is 1. The van der Waals surface area contributed by atoms with Crippen molar-refractivity contribution < 1.29 is 19.1 Å². The largest absolute Gasteiger partial charge is 0.496 e. The molecule has 40 heavy (non-hydrogen) atoms. The van der Waals surface area contributed by atoms with Crippen molar-refractivity contribution in [3.05, 3.63) is 105 Å². The van der Waals surface area contributed by atoms with Crippen molar-refractivity contribution >= 4 is 34.7 Å². The number of nitrogens with zero attached hydrogens (tertiary/aromatic N) is 3. The maximum absolute atomic E-state index is 13.6. The molecular weight excluding hydrogens is 530 g/mol. The van der Waals surface area contributed by atoms with E-state index in [-0.39, 0.29) is 22.1 Å². The summed E-state index contributed by atoms with van der Waals surface area (Å²) in [6.45, 7) is 6.09. The van der Waals surface area contributed by atoms with Gasteiger partial charge in [0.1, 0.15) is 17.3 Å². The number of halogens is 1. The lowest BCUT2D eigenvalue weighted by molar-refractivity contribution is 0.0697. The molecule has 202 valence electrons. The zero-order valence-electron chi connectivity index (χ0n) is 22.3. The molecule has 0 aliphatic carbocycles. The second-order valence-corrected chi connectivity index (χ2v) is 9.99. The first-order valence-electron chi connectivity index (χ1n) is 12.6. The van der Waals surface area contributed by atoms with Gasteiger partial charge in [-0.25, -0.2) is 9.78 Å². The number of methoxy groups -OCH3 is 1. The Hall–Kier alpha value is -4.69. The lowest BCUT2D eigenvalue weighted by Crippen LogP contribution is -2.20. The summed E-state index contributed by atoms with van der Waals surface area (Å²) in [4.78, 5) is 30.0. The van der Waals surface area contributed by atoms with Crippen LogP contribution >= 0.6 is 11.6 Å². The molecule has 0 aliphatic rings. The minimum atomic E-state index is -1.13. The molecule has 0 fully saturated rings. The summed E-state index contributed by atoms with van der Waals surface area (Å²) < 4.78 is 12.8. The fourth-order valence-corrected chi connectivity index (χ4v) is 4.71. The molecule has 0 aliphatic heterocycles. The van der Waals surface area contributed by atoms with Gasteiger partial charge in [-0.1, -0.05) is 37.6 Å². The van der Waals surface area contributed by atoms with E-state index in [2.05, 4.69) is 18.9 Å².